The van der Waals surface area contributed by atoms with E-state index >= 15 is 0 Å². The monoisotopic (exact) mass is 266 g/mol. The lowest BCUT2D eigenvalue weighted by Crippen LogP contribution is -2.16. The molecule has 0 aliphatic heterocycles. The van der Waals surface area contributed by atoms with Crippen molar-refractivity contribution in [3.63, 3.8) is 0 Å². The minimum atomic E-state index is -0.862. The molecule has 102 valence electrons. The summed E-state index contributed by atoms with van der Waals surface area (Å²) in [4.78, 5) is 4.46. The molecule has 0 amide bonds. The average Bonchev–Trinajstić information content (AvgIpc) is 2.63. The van der Waals surface area contributed by atoms with Gasteiger partial charge < -0.3 is 9.67 Å². The van der Waals surface area contributed by atoms with Crippen molar-refractivity contribution in [3.05, 3.63) is 29.6 Å². The van der Waals surface area contributed by atoms with Crippen LogP contribution in [0.2, 0.25) is 0 Å². The second-order valence-corrected chi connectivity index (χ2v) is 5.08. The fraction of sp³-hybridized carbons (Fsp3) is 0.500. The molecule has 1 N–H and O–H groups in total. The fourth-order valence-corrected chi connectivity index (χ4v) is 2.58. The summed E-state index contributed by atoms with van der Waals surface area (Å²) < 4.78 is 28.6. The second-order valence-electron chi connectivity index (χ2n) is 5.08. The Hall–Kier alpha value is -1.49. The van der Waals surface area contributed by atoms with E-state index in [-0.39, 0.29) is 6.61 Å². The van der Waals surface area contributed by atoms with Gasteiger partial charge in [0.15, 0.2) is 11.6 Å². The molecule has 1 aromatic heterocycles. The summed E-state index contributed by atoms with van der Waals surface area (Å²) in [5.74, 6) is -0.422. The predicted molar refractivity (Wildman–Crippen MR) is 67.9 cm³/mol. The molecule has 1 aliphatic carbocycles. The molecule has 0 radical (unpaired) electrons. The molecule has 3 nitrogen and oxygen atoms in total. The number of aliphatic hydroxyl groups is 1. The molecule has 0 atom stereocenters. The van der Waals surface area contributed by atoms with E-state index in [1.165, 1.54) is 12.5 Å². The van der Waals surface area contributed by atoms with Gasteiger partial charge in [-0.2, -0.15) is 0 Å². The van der Waals surface area contributed by atoms with Crippen LogP contribution >= 0.6 is 0 Å². The Kier molecular flexibility index (Phi) is 3.22. The molecular weight excluding hydrogens is 250 g/mol. The number of imidazole rings is 1. The third-order valence-electron chi connectivity index (χ3n) is 3.83. The Morgan fingerprint density at radius 1 is 1.26 bits per heavy atom. The summed E-state index contributed by atoms with van der Waals surface area (Å²) in [5, 5.41) is 8.97. The average molecular weight is 266 g/mol. The van der Waals surface area contributed by atoms with Gasteiger partial charge in [0.1, 0.15) is 5.82 Å². The van der Waals surface area contributed by atoms with Gasteiger partial charge in [-0.1, -0.05) is 6.42 Å². The van der Waals surface area contributed by atoms with E-state index < -0.39 is 11.6 Å². The van der Waals surface area contributed by atoms with Crippen LogP contribution in [0.1, 0.15) is 37.4 Å². The van der Waals surface area contributed by atoms with Crippen molar-refractivity contribution in [2.45, 2.75) is 38.1 Å². The van der Waals surface area contributed by atoms with Crippen molar-refractivity contribution in [2.24, 2.45) is 0 Å². The Bertz CT molecular complexity index is 605. The highest BCUT2D eigenvalue weighted by Gasteiger charge is 2.26. The van der Waals surface area contributed by atoms with E-state index in [2.05, 4.69) is 4.98 Å². The number of hydrogen-bond donors (Lipinski definition) is 1. The van der Waals surface area contributed by atoms with Crippen molar-refractivity contribution < 1.29 is 13.9 Å². The van der Waals surface area contributed by atoms with E-state index in [4.69, 9.17) is 5.11 Å². The maximum atomic E-state index is 13.4. The van der Waals surface area contributed by atoms with Crippen LogP contribution in [0.4, 0.5) is 8.78 Å². The van der Waals surface area contributed by atoms with Crippen LogP contribution in [0.5, 0.6) is 0 Å². The van der Waals surface area contributed by atoms with Crippen LogP contribution in [0.3, 0.4) is 0 Å². The number of nitrogens with zero attached hydrogens (tertiary/aromatic N) is 2. The molecule has 1 fully saturated rings. The standard InChI is InChI=1S/C14H16F2N2O/c15-10-7-12-13(8-11(10)16)18(5-2-6-19)14(17-12)9-3-1-4-9/h7-9,19H,1-6H2. The molecule has 0 bridgehead atoms. The van der Waals surface area contributed by atoms with Gasteiger partial charge in [0.25, 0.3) is 0 Å². The highest BCUT2D eigenvalue weighted by Crippen LogP contribution is 2.37. The highest BCUT2D eigenvalue weighted by atomic mass is 19.2. The molecule has 1 aromatic carbocycles. The number of hydrogen-bond acceptors (Lipinski definition) is 2. The van der Waals surface area contributed by atoms with Crippen molar-refractivity contribution in [1.29, 1.82) is 0 Å². The number of aromatic nitrogens is 2. The van der Waals surface area contributed by atoms with E-state index in [9.17, 15) is 8.78 Å². The van der Waals surface area contributed by atoms with Crippen LogP contribution in [0.25, 0.3) is 11.0 Å². The Labute approximate surface area is 109 Å². The second kappa shape index (κ2) is 4.89. The zero-order valence-corrected chi connectivity index (χ0v) is 10.6. The first kappa shape index (κ1) is 12.5. The lowest BCUT2D eigenvalue weighted by atomic mass is 9.85. The van der Waals surface area contributed by atoms with E-state index in [0.29, 0.717) is 29.9 Å². The number of rotatable bonds is 4. The van der Waals surface area contributed by atoms with Crippen LogP contribution in [-0.4, -0.2) is 21.3 Å². The normalized spacial score (nSPS) is 15.9. The van der Waals surface area contributed by atoms with Gasteiger partial charge in [-0.05, 0) is 19.3 Å². The fourth-order valence-electron chi connectivity index (χ4n) is 2.58. The molecule has 0 unspecified atom stereocenters. The molecule has 19 heavy (non-hydrogen) atoms. The van der Waals surface area contributed by atoms with Crippen LogP contribution in [-0.2, 0) is 6.54 Å². The summed E-state index contributed by atoms with van der Waals surface area (Å²) in [6.45, 7) is 0.664. The Morgan fingerprint density at radius 3 is 2.63 bits per heavy atom. The van der Waals surface area contributed by atoms with Gasteiger partial charge in [-0.25, -0.2) is 13.8 Å². The molecule has 1 aliphatic rings. The number of aliphatic hydroxyl groups excluding tert-OH is 1. The van der Waals surface area contributed by atoms with Gasteiger partial charge in [0, 0.05) is 31.2 Å². The first-order chi connectivity index (χ1) is 9.20. The van der Waals surface area contributed by atoms with E-state index in [1.54, 1.807) is 0 Å². The molecule has 0 spiro atoms. The first-order valence-electron chi connectivity index (χ1n) is 6.66. The lowest BCUT2D eigenvalue weighted by molar-refractivity contribution is 0.277. The summed E-state index contributed by atoms with van der Waals surface area (Å²) in [6, 6.07) is 2.36. The number of benzene rings is 1. The summed E-state index contributed by atoms with van der Waals surface area (Å²) in [7, 11) is 0. The van der Waals surface area contributed by atoms with Crippen molar-refractivity contribution >= 4 is 11.0 Å². The third kappa shape index (κ3) is 2.12. The van der Waals surface area contributed by atoms with Crippen LogP contribution in [0.15, 0.2) is 12.1 Å². The quantitative estimate of drug-likeness (QED) is 0.924. The van der Waals surface area contributed by atoms with Gasteiger partial charge in [-0.3, -0.25) is 0 Å². The van der Waals surface area contributed by atoms with Gasteiger partial charge in [0.05, 0.1) is 11.0 Å². The maximum Gasteiger partial charge on any atom is 0.161 e. The molecule has 1 saturated carbocycles. The molecule has 0 saturated heterocycles. The SMILES string of the molecule is OCCCn1c(C2CCC2)nc2cc(F)c(F)cc21. The number of aryl methyl sites for hydroxylation is 1. The van der Waals surface area contributed by atoms with Gasteiger partial charge >= 0.3 is 0 Å². The predicted octanol–water partition coefficient (Wildman–Crippen LogP) is 2.96. The zero-order valence-electron chi connectivity index (χ0n) is 10.6. The van der Waals surface area contributed by atoms with Crippen molar-refractivity contribution in [1.82, 2.24) is 9.55 Å². The smallest absolute Gasteiger partial charge is 0.161 e. The first-order valence-corrected chi connectivity index (χ1v) is 6.66. The summed E-state index contributed by atoms with van der Waals surface area (Å²) >= 11 is 0. The minimum absolute atomic E-state index is 0.0768. The summed E-state index contributed by atoms with van der Waals surface area (Å²) in [5.41, 5.74) is 1.12. The molecule has 2 aromatic rings. The Balaban J connectivity index is 2.11. The highest BCUT2D eigenvalue weighted by molar-refractivity contribution is 5.76. The molecule has 1 heterocycles. The largest absolute Gasteiger partial charge is 0.396 e. The Morgan fingerprint density at radius 2 is 2.00 bits per heavy atom. The molecule has 5 heteroatoms. The van der Waals surface area contributed by atoms with Crippen LogP contribution < -0.4 is 0 Å². The van der Waals surface area contributed by atoms with E-state index in [0.717, 1.165) is 24.7 Å². The van der Waals surface area contributed by atoms with Crippen molar-refractivity contribution in [3.8, 4) is 0 Å². The third-order valence-corrected chi connectivity index (χ3v) is 3.83. The van der Waals surface area contributed by atoms with Crippen molar-refractivity contribution in [2.75, 3.05) is 6.61 Å². The van der Waals surface area contributed by atoms with E-state index in [1.807, 2.05) is 4.57 Å². The van der Waals surface area contributed by atoms with Crippen LogP contribution in [0, 0.1) is 11.6 Å². The summed E-state index contributed by atoms with van der Waals surface area (Å²) in [6.07, 6.45) is 3.92. The maximum absolute atomic E-state index is 13.4. The zero-order chi connectivity index (χ0) is 13.4. The lowest BCUT2D eigenvalue weighted by Gasteiger charge is -2.25. The molecule has 3 rings (SSSR count). The number of halogens is 2. The number of fused-ring (bicyclic) bond motifs is 1. The molecular formula is C14H16F2N2O. The minimum Gasteiger partial charge on any atom is -0.396 e. The van der Waals surface area contributed by atoms with Gasteiger partial charge in [0.2, 0.25) is 0 Å². The van der Waals surface area contributed by atoms with Gasteiger partial charge in [-0.15, -0.1) is 0 Å². The topological polar surface area (TPSA) is 38.0 Å².